The molecule has 0 aromatic heterocycles. The predicted molar refractivity (Wildman–Crippen MR) is 56.6 cm³/mol. The zero-order valence-corrected chi connectivity index (χ0v) is 9.19. The van der Waals surface area contributed by atoms with Crippen molar-refractivity contribution in [2.45, 2.75) is 32.7 Å². The quantitative estimate of drug-likeness (QED) is 0.558. The van der Waals surface area contributed by atoms with Gasteiger partial charge in [-0.15, -0.1) is 4.99 Å². The Labute approximate surface area is 83.8 Å². The first-order valence-electron chi connectivity index (χ1n) is 4.43. The van der Waals surface area contributed by atoms with Crippen molar-refractivity contribution in [2.75, 3.05) is 12.3 Å². The van der Waals surface area contributed by atoms with Gasteiger partial charge in [0.25, 0.3) is 0 Å². The highest BCUT2D eigenvalue weighted by molar-refractivity contribution is 8.13. The van der Waals surface area contributed by atoms with Crippen LogP contribution in [0.25, 0.3) is 0 Å². The Morgan fingerprint density at radius 2 is 2.23 bits per heavy atom. The van der Waals surface area contributed by atoms with E-state index in [9.17, 15) is 0 Å². The molecule has 0 bridgehead atoms. The highest BCUT2D eigenvalue weighted by atomic mass is 32.2. The van der Waals surface area contributed by atoms with Crippen LogP contribution in [0.2, 0.25) is 0 Å². The third kappa shape index (κ3) is 2.63. The van der Waals surface area contributed by atoms with Crippen molar-refractivity contribution < 1.29 is 0 Å². The zero-order valence-electron chi connectivity index (χ0n) is 8.37. The average Bonchev–Trinajstić information content (AvgIpc) is 2.04. The molecule has 4 heteroatoms. The summed E-state index contributed by atoms with van der Waals surface area (Å²) in [5.74, 6) is 1.08. The second-order valence-corrected chi connectivity index (χ2v) is 5.08. The third-order valence-electron chi connectivity index (χ3n) is 1.94. The van der Waals surface area contributed by atoms with Gasteiger partial charge in [0, 0.05) is 17.8 Å². The average molecular weight is 197 g/mol. The second-order valence-electron chi connectivity index (χ2n) is 4.02. The molecule has 0 N–H and O–H groups in total. The predicted octanol–water partition coefficient (Wildman–Crippen LogP) is 2.06. The topological polar surface area (TPSA) is 39.4 Å². The normalized spacial score (nSPS) is 21.7. The second kappa shape index (κ2) is 4.01. The first-order chi connectivity index (χ1) is 6.05. The molecule has 1 heterocycles. The Bertz CT molecular complexity index is 247. The Balaban J connectivity index is 2.81. The number of hydrogen-bond acceptors (Lipinski definition) is 3. The summed E-state index contributed by atoms with van der Waals surface area (Å²) < 4.78 is 0. The van der Waals surface area contributed by atoms with Gasteiger partial charge in [-0.1, -0.05) is 11.8 Å². The molecule has 1 saturated heterocycles. The fraction of sp³-hybridized carbons (Fsp3) is 0.778. The molecule has 0 aromatic rings. The van der Waals surface area contributed by atoms with Crippen molar-refractivity contribution >= 4 is 16.9 Å². The summed E-state index contributed by atoms with van der Waals surface area (Å²) in [6.07, 6.45) is 3.04. The number of amidine groups is 1. The molecule has 3 nitrogen and oxygen atoms in total. The summed E-state index contributed by atoms with van der Waals surface area (Å²) >= 11 is 1.68. The van der Waals surface area contributed by atoms with Gasteiger partial charge in [0.15, 0.2) is 5.17 Å². The number of thioether (sulfide) groups is 1. The largest absolute Gasteiger partial charge is 0.346 e. The van der Waals surface area contributed by atoms with Gasteiger partial charge in [-0.05, 0) is 27.2 Å². The molecule has 0 saturated carbocycles. The molecule has 0 spiro atoms. The molecular formula is C9H15N3S. The molecular weight excluding hydrogens is 182 g/mol. The smallest absolute Gasteiger partial charge is 0.208 e. The van der Waals surface area contributed by atoms with Crippen LogP contribution >= 0.6 is 11.8 Å². The van der Waals surface area contributed by atoms with Crippen molar-refractivity contribution in [3.05, 3.63) is 0 Å². The fourth-order valence-electron chi connectivity index (χ4n) is 1.32. The van der Waals surface area contributed by atoms with Crippen molar-refractivity contribution in [2.24, 2.45) is 4.99 Å². The molecule has 1 aliphatic rings. The van der Waals surface area contributed by atoms with Gasteiger partial charge in [-0.3, -0.25) is 0 Å². The number of hydrogen-bond donors (Lipinski definition) is 0. The number of aliphatic imine (C=N–C) groups is 1. The Kier molecular flexibility index (Phi) is 3.21. The minimum absolute atomic E-state index is 0.0725. The molecule has 0 aromatic carbocycles. The van der Waals surface area contributed by atoms with Gasteiger partial charge < -0.3 is 4.90 Å². The van der Waals surface area contributed by atoms with Crippen molar-refractivity contribution in [1.29, 1.82) is 5.26 Å². The summed E-state index contributed by atoms with van der Waals surface area (Å²) in [4.78, 5) is 6.04. The molecule has 1 rings (SSSR count). The Morgan fingerprint density at radius 3 is 2.77 bits per heavy atom. The Morgan fingerprint density at radius 1 is 1.54 bits per heavy atom. The van der Waals surface area contributed by atoms with Gasteiger partial charge >= 0.3 is 0 Å². The van der Waals surface area contributed by atoms with Crippen LogP contribution in [0.5, 0.6) is 0 Å². The van der Waals surface area contributed by atoms with Gasteiger partial charge in [-0.25, -0.2) is 0 Å². The lowest BCUT2D eigenvalue weighted by molar-refractivity contribution is 0.240. The molecule has 0 unspecified atom stereocenters. The molecule has 0 atom stereocenters. The highest BCUT2D eigenvalue weighted by Crippen LogP contribution is 2.25. The van der Waals surface area contributed by atoms with Crippen molar-refractivity contribution in [3.8, 4) is 6.19 Å². The summed E-state index contributed by atoms with van der Waals surface area (Å²) in [5, 5.41) is 9.40. The summed E-state index contributed by atoms with van der Waals surface area (Å²) in [7, 11) is 0. The van der Waals surface area contributed by atoms with E-state index >= 15 is 0 Å². The van der Waals surface area contributed by atoms with E-state index in [0.29, 0.717) is 0 Å². The maximum Gasteiger partial charge on any atom is 0.208 e. The Hall–Kier alpha value is -0.690. The van der Waals surface area contributed by atoms with E-state index in [1.54, 1.807) is 11.8 Å². The SMILES string of the molecule is CC(C)(C)N1CCCSC1=NC#N. The monoisotopic (exact) mass is 197 g/mol. The fourth-order valence-corrected chi connectivity index (χ4v) is 2.40. The van der Waals surface area contributed by atoms with Crippen LogP contribution in [0.15, 0.2) is 4.99 Å². The lowest BCUT2D eigenvalue weighted by Gasteiger charge is -2.39. The molecule has 1 fully saturated rings. The maximum atomic E-state index is 8.52. The van der Waals surface area contributed by atoms with E-state index in [4.69, 9.17) is 5.26 Å². The van der Waals surface area contributed by atoms with Gasteiger partial charge in [0.2, 0.25) is 6.19 Å². The molecule has 0 radical (unpaired) electrons. The van der Waals surface area contributed by atoms with E-state index < -0.39 is 0 Å². The van der Waals surface area contributed by atoms with E-state index in [2.05, 4.69) is 30.7 Å². The highest BCUT2D eigenvalue weighted by Gasteiger charge is 2.27. The van der Waals surface area contributed by atoms with E-state index in [0.717, 1.165) is 17.5 Å². The number of rotatable bonds is 0. The van der Waals surface area contributed by atoms with Crippen LogP contribution in [0, 0.1) is 11.5 Å². The van der Waals surface area contributed by atoms with Crippen LogP contribution in [0.1, 0.15) is 27.2 Å². The standard InChI is InChI=1S/C9H15N3S/c1-9(2,3)12-5-4-6-13-8(12)11-7-10/h4-6H2,1-3H3. The van der Waals surface area contributed by atoms with E-state index in [1.807, 2.05) is 6.19 Å². The van der Waals surface area contributed by atoms with Crippen LogP contribution in [-0.2, 0) is 0 Å². The third-order valence-corrected chi connectivity index (χ3v) is 3.01. The molecule has 13 heavy (non-hydrogen) atoms. The van der Waals surface area contributed by atoms with Crippen molar-refractivity contribution in [3.63, 3.8) is 0 Å². The summed E-state index contributed by atoms with van der Waals surface area (Å²) in [6.45, 7) is 7.44. The minimum Gasteiger partial charge on any atom is -0.346 e. The zero-order chi connectivity index (χ0) is 9.90. The summed E-state index contributed by atoms with van der Waals surface area (Å²) in [5.41, 5.74) is 0.0725. The van der Waals surface area contributed by atoms with Gasteiger partial charge in [0.1, 0.15) is 0 Å². The first-order valence-corrected chi connectivity index (χ1v) is 5.41. The summed E-state index contributed by atoms with van der Waals surface area (Å²) in [6, 6.07) is 0. The molecule has 1 aliphatic heterocycles. The van der Waals surface area contributed by atoms with E-state index in [-0.39, 0.29) is 5.54 Å². The van der Waals surface area contributed by atoms with E-state index in [1.165, 1.54) is 6.42 Å². The van der Waals surface area contributed by atoms with Crippen LogP contribution in [0.3, 0.4) is 0 Å². The van der Waals surface area contributed by atoms with Crippen molar-refractivity contribution in [1.82, 2.24) is 4.90 Å². The number of nitriles is 1. The molecule has 72 valence electrons. The lowest BCUT2D eigenvalue weighted by atomic mass is 10.1. The van der Waals surface area contributed by atoms with Crippen LogP contribution < -0.4 is 0 Å². The van der Waals surface area contributed by atoms with Gasteiger partial charge in [-0.2, -0.15) is 5.26 Å². The van der Waals surface area contributed by atoms with Crippen LogP contribution in [0.4, 0.5) is 0 Å². The lowest BCUT2D eigenvalue weighted by Crippen LogP contribution is -2.47. The molecule has 0 aliphatic carbocycles. The minimum atomic E-state index is 0.0725. The molecule has 0 amide bonds. The first kappa shape index (κ1) is 10.4. The number of nitrogens with zero attached hydrogens (tertiary/aromatic N) is 3. The maximum absolute atomic E-state index is 8.52. The van der Waals surface area contributed by atoms with Gasteiger partial charge in [0.05, 0.1) is 0 Å². The van der Waals surface area contributed by atoms with Crippen LogP contribution in [-0.4, -0.2) is 27.9 Å².